The van der Waals surface area contributed by atoms with Crippen molar-refractivity contribution in [3.63, 3.8) is 0 Å². The number of ether oxygens (including phenoxy) is 1. The first-order valence-electron chi connectivity index (χ1n) is 10.7. The van der Waals surface area contributed by atoms with Crippen LogP contribution in [0.25, 0.3) is 6.08 Å². The third kappa shape index (κ3) is 5.31. The molecule has 1 aliphatic carbocycles. The molecule has 0 saturated carbocycles. The molecule has 0 radical (unpaired) electrons. The number of halogens is 2. The molecule has 0 atom stereocenters. The number of para-hydroxylation sites is 2. The number of thiocarbonyl (C=S) groups is 1. The molecular weight excluding hydrogens is 414 g/mol. The molecule has 2 aromatic rings. The average molecular weight is 441 g/mol. The monoisotopic (exact) mass is 440 g/mol. The van der Waals surface area contributed by atoms with Gasteiger partial charge in [0, 0.05) is 35.6 Å². The van der Waals surface area contributed by atoms with E-state index in [1.807, 2.05) is 48.5 Å². The van der Waals surface area contributed by atoms with Crippen molar-refractivity contribution in [2.75, 3.05) is 18.4 Å². The maximum Gasteiger partial charge on any atom is 0.387 e. The van der Waals surface area contributed by atoms with Gasteiger partial charge < -0.3 is 15.0 Å². The molecule has 2 aromatic carbocycles. The Kier molecular flexibility index (Phi) is 6.97. The van der Waals surface area contributed by atoms with Crippen molar-refractivity contribution >= 4 is 29.0 Å². The van der Waals surface area contributed by atoms with Gasteiger partial charge in [0.15, 0.2) is 0 Å². The zero-order chi connectivity index (χ0) is 21.6. The van der Waals surface area contributed by atoms with Crippen LogP contribution in [0.2, 0.25) is 0 Å². The highest BCUT2D eigenvalue weighted by Crippen LogP contribution is 2.38. The van der Waals surface area contributed by atoms with Crippen LogP contribution in [0.5, 0.6) is 5.75 Å². The van der Waals surface area contributed by atoms with Gasteiger partial charge in [-0.05, 0) is 62.0 Å². The summed E-state index contributed by atoms with van der Waals surface area (Å²) >= 11 is 5.80. The van der Waals surface area contributed by atoms with E-state index in [0.717, 1.165) is 66.3 Å². The molecule has 6 heteroatoms. The first kappa shape index (κ1) is 21.5. The van der Waals surface area contributed by atoms with Crippen LogP contribution in [0.1, 0.15) is 37.7 Å². The minimum absolute atomic E-state index is 0.196. The van der Waals surface area contributed by atoms with Crippen LogP contribution in [0.4, 0.5) is 14.5 Å². The molecule has 1 heterocycles. The molecule has 1 fully saturated rings. The number of hydrogen-bond donors (Lipinski definition) is 1. The third-order valence-corrected chi connectivity index (χ3v) is 6.03. The topological polar surface area (TPSA) is 24.5 Å². The largest absolute Gasteiger partial charge is 0.434 e. The van der Waals surface area contributed by atoms with E-state index in [4.69, 9.17) is 17.0 Å². The molecule has 0 aromatic heterocycles. The fourth-order valence-electron chi connectivity index (χ4n) is 4.28. The lowest BCUT2D eigenvalue weighted by Crippen LogP contribution is -2.31. The average Bonchev–Trinajstić information content (AvgIpc) is 3.20. The smallest absolute Gasteiger partial charge is 0.387 e. The fourth-order valence-corrected chi connectivity index (χ4v) is 4.60. The number of nitrogens with one attached hydrogen (secondary N) is 1. The van der Waals surface area contributed by atoms with E-state index in [0.29, 0.717) is 5.56 Å². The van der Waals surface area contributed by atoms with Crippen molar-refractivity contribution in [2.45, 2.75) is 38.7 Å². The van der Waals surface area contributed by atoms with Crippen molar-refractivity contribution in [3.8, 4) is 5.75 Å². The van der Waals surface area contributed by atoms with Crippen molar-refractivity contribution in [1.29, 1.82) is 0 Å². The van der Waals surface area contributed by atoms with Gasteiger partial charge in [0.05, 0.1) is 0 Å². The van der Waals surface area contributed by atoms with Crippen LogP contribution in [0, 0.1) is 0 Å². The van der Waals surface area contributed by atoms with Gasteiger partial charge in [0.1, 0.15) is 10.7 Å². The number of piperidine rings is 1. The molecule has 0 unspecified atom stereocenters. The van der Waals surface area contributed by atoms with Gasteiger partial charge in [-0.15, -0.1) is 0 Å². The summed E-state index contributed by atoms with van der Waals surface area (Å²) in [5.41, 5.74) is 5.03. The molecule has 0 bridgehead atoms. The van der Waals surface area contributed by atoms with Gasteiger partial charge in [-0.3, -0.25) is 0 Å². The summed E-state index contributed by atoms with van der Waals surface area (Å²) in [4.78, 5) is 3.14. The van der Waals surface area contributed by atoms with Gasteiger partial charge in [-0.25, -0.2) is 0 Å². The Morgan fingerprint density at radius 1 is 0.968 bits per heavy atom. The summed E-state index contributed by atoms with van der Waals surface area (Å²) in [6.07, 6.45) is 7.16. The Labute approximate surface area is 187 Å². The van der Waals surface area contributed by atoms with E-state index in [2.05, 4.69) is 10.2 Å². The Bertz CT molecular complexity index is 982. The number of hydrogen-bond acceptors (Lipinski definition) is 3. The molecule has 0 spiro atoms. The molecule has 3 nitrogen and oxygen atoms in total. The number of alkyl halides is 2. The first-order valence-corrected chi connectivity index (χ1v) is 11.1. The highest BCUT2D eigenvalue weighted by Gasteiger charge is 2.28. The number of rotatable bonds is 6. The van der Waals surface area contributed by atoms with Gasteiger partial charge >= 0.3 is 6.61 Å². The lowest BCUT2D eigenvalue weighted by molar-refractivity contribution is -0.0499. The van der Waals surface area contributed by atoms with Crippen molar-refractivity contribution in [1.82, 2.24) is 4.90 Å². The Morgan fingerprint density at radius 3 is 2.42 bits per heavy atom. The second-order valence-electron chi connectivity index (χ2n) is 7.78. The molecule has 31 heavy (non-hydrogen) atoms. The van der Waals surface area contributed by atoms with Gasteiger partial charge in [0.25, 0.3) is 0 Å². The number of nitrogens with zero attached hydrogens (tertiary/aromatic N) is 1. The molecule has 1 N–H and O–H groups in total. The lowest BCUT2D eigenvalue weighted by atomic mass is 10.0. The van der Waals surface area contributed by atoms with E-state index in [1.165, 1.54) is 6.42 Å². The number of allylic oxidation sites excluding steroid dienone is 1. The van der Waals surface area contributed by atoms with Gasteiger partial charge in [0.2, 0.25) is 0 Å². The summed E-state index contributed by atoms with van der Waals surface area (Å²) in [6, 6.07) is 16.9. The molecular formula is C25H26F2N2OS. The first-order chi connectivity index (χ1) is 15.1. The molecule has 0 amide bonds. The lowest BCUT2D eigenvalue weighted by Gasteiger charge is -2.32. The normalized spacial score (nSPS) is 18.0. The van der Waals surface area contributed by atoms with Gasteiger partial charge in [-0.1, -0.05) is 48.6 Å². The predicted octanol–water partition coefficient (Wildman–Crippen LogP) is 6.64. The minimum atomic E-state index is -2.85. The molecule has 1 saturated heterocycles. The summed E-state index contributed by atoms with van der Waals surface area (Å²) in [5.74, 6) is 0.196. The minimum Gasteiger partial charge on any atom is -0.434 e. The van der Waals surface area contributed by atoms with Crippen LogP contribution < -0.4 is 10.1 Å². The summed E-state index contributed by atoms with van der Waals surface area (Å²) < 4.78 is 30.5. The molecule has 1 aliphatic heterocycles. The zero-order valence-corrected chi connectivity index (χ0v) is 18.1. The summed E-state index contributed by atoms with van der Waals surface area (Å²) in [7, 11) is 0. The molecule has 162 valence electrons. The standard InChI is InChI=1S/C25H26F2N2OS/c26-25(27)30-22-12-6-5-9-18(22)17-19-13-14-21(23(19)29-15-7-2-8-16-29)24(31)28-20-10-3-1-4-11-20/h1,3-6,9-12,17,25H,2,7-8,13-16H2,(H,28,31). The maximum absolute atomic E-state index is 12.9. The summed E-state index contributed by atoms with van der Waals surface area (Å²) in [5, 5.41) is 3.37. The van der Waals surface area contributed by atoms with Crippen LogP contribution in [-0.4, -0.2) is 29.6 Å². The second kappa shape index (κ2) is 10.1. The maximum atomic E-state index is 12.9. The van der Waals surface area contributed by atoms with E-state index in [1.54, 1.807) is 12.1 Å². The van der Waals surface area contributed by atoms with Crippen LogP contribution in [0.15, 0.2) is 71.4 Å². The quantitative estimate of drug-likeness (QED) is 0.509. The molecule has 4 rings (SSSR count). The van der Waals surface area contributed by atoms with Crippen LogP contribution >= 0.6 is 12.2 Å². The highest BCUT2D eigenvalue weighted by molar-refractivity contribution is 7.81. The van der Waals surface area contributed by atoms with E-state index >= 15 is 0 Å². The van der Waals surface area contributed by atoms with Crippen molar-refractivity contribution in [2.24, 2.45) is 0 Å². The fraction of sp³-hybridized carbons (Fsp3) is 0.320. The van der Waals surface area contributed by atoms with Crippen molar-refractivity contribution in [3.05, 3.63) is 77.0 Å². The van der Waals surface area contributed by atoms with Crippen LogP contribution in [-0.2, 0) is 0 Å². The van der Waals surface area contributed by atoms with Gasteiger partial charge in [-0.2, -0.15) is 8.78 Å². The number of anilines is 1. The summed E-state index contributed by atoms with van der Waals surface area (Å²) in [6.45, 7) is -0.878. The van der Waals surface area contributed by atoms with E-state index < -0.39 is 6.61 Å². The van der Waals surface area contributed by atoms with E-state index in [-0.39, 0.29) is 5.75 Å². The SMILES string of the molecule is FC(F)Oc1ccccc1C=C1CCC(C(=S)Nc2ccccc2)=C1N1CCCCC1. The third-order valence-electron chi connectivity index (χ3n) is 5.68. The van der Waals surface area contributed by atoms with Crippen LogP contribution in [0.3, 0.4) is 0 Å². The highest BCUT2D eigenvalue weighted by atomic mass is 32.1. The van der Waals surface area contributed by atoms with Crippen molar-refractivity contribution < 1.29 is 13.5 Å². The van der Waals surface area contributed by atoms with E-state index in [9.17, 15) is 8.78 Å². The Hall–Kier alpha value is -2.73. The number of benzene rings is 2. The Morgan fingerprint density at radius 2 is 1.68 bits per heavy atom. The molecule has 2 aliphatic rings. The second-order valence-corrected chi connectivity index (χ2v) is 8.19. The predicted molar refractivity (Wildman–Crippen MR) is 125 cm³/mol. The zero-order valence-electron chi connectivity index (χ0n) is 17.3. The number of likely N-dealkylation sites (tertiary alicyclic amines) is 1. The Balaban J connectivity index is 1.69.